The van der Waals surface area contributed by atoms with Crippen LogP contribution in [-0.2, 0) is 4.84 Å². The van der Waals surface area contributed by atoms with Crippen LogP contribution in [0.25, 0.3) is 0 Å². The molecule has 0 atom stereocenters. The Labute approximate surface area is 90.0 Å². The third kappa shape index (κ3) is 5.52. The molecule has 0 aliphatic rings. The molecule has 0 saturated heterocycles. The van der Waals surface area contributed by atoms with E-state index in [-0.39, 0.29) is 0 Å². The van der Waals surface area contributed by atoms with Crippen molar-refractivity contribution in [3.05, 3.63) is 42.7 Å². The van der Waals surface area contributed by atoms with Crippen LogP contribution < -0.4 is 4.74 Å². The second-order valence-electron chi connectivity index (χ2n) is 3.14. The second-order valence-corrected chi connectivity index (χ2v) is 3.14. The van der Waals surface area contributed by atoms with Crippen LogP contribution in [0.15, 0.2) is 47.8 Å². The van der Waals surface area contributed by atoms with Gasteiger partial charge in [0.25, 0.3) is 0 Å². The van der Waals surface area contributed by atoms with Crippen LogP contribution in [0.2, 0.25) is 0 Å². The van der Waals surface area contributed by atoms with E-state index in [2.05, 4.69) is 5.16 Å². The predicted molar refractivity (Wildman–Crippen MR) is 60.9 cm³/mol. The third-order valence-corrected chi connectivity index (χ3v) is 1.46. The minimum Gasteiger partial charge on any atom is -0.465 e. The third-order valence-electron chi connectivity index (χ3n) is 1.46. The highest BCUT2D eigenvalue weighted by Gasteiger charge is 1.85. The molecule has 80 valence electrons. The zero-order valence-corrected chi connectivity index (χ0v) is 9.01. The highest BCUT2D eigenvalue weighted by molar-refractivity contribution is 5.78. The molecular formula is C12H15NO2. The first-order valence-corrected chi connectivity index (χ1v) is 4.79. The first-order chi connectivity index (χ1) is 7.29. The smallest absolute Gasteiger partial charge is 0.138 e. The quantitative estimate of drug-likeness (QED) is 0.320. The Bertz CT molecular complexity index is 327. The van der Waals surface area contributed by atoms with Gasteiger partial charge in [0.1, 0.15) is 12.4 Å². The first kappa shape index (κ1) is 11.3. The molecule has 0 unspecified atom stereocenters. The number of hydrogen-bond acceptors (Lipinski definition) is 3. The Balaban J connectivity index is 2.20. The van der Waals surface area contributed by atoms with Gasteiger partial charge in [-0.2, -0.15) is 0 Å². The summed E-state index contributed by atoms with van der Waals surface area (Å²) in [7, 11) is 0. The van der Waals surface area contributed by atoms with Crippen molar-refractivity contribution in [1.82, 2.24) is 0 Å². The highest BCUT2D eigenvalue weighted by atomic mass is 16.6. The number of oxime groups is 1. The van der Waals surface area contributed by atoms with Gasteiger partial charge in [0.15, 0.2) is 0 Å². The Morgan fingerprint density at radius 3 is 2.67 bits per heavy atom. The Morgan fingerprint density at radius 1 is 1.27 bits per heavy atom. The normalized spacial score (nSPS) is 10.0. The van der Waals surface area contributed by atoms with Crippen LogP contribution >= 0.6 is 0 Å². The fourth-order valence-electron chi connectivity index (χ4n) is 0.874. The van der Waals surface area contributed by atoms with E-state index in [0.29, 0.717) is 6.61 Å². The molecule has 15 heavy (non-hydrogen) atoms. The zero-order valence-electron chi connectivity index (χ0n) is 9.01. The lowest BCUT2D eigenvalue weighted by molar-refractivity contribution is 0.173. The van der Waals surface area contributed by atoms with E-state index in [4.69, 9.17) is 9.57 Å². The minimum absolute atomic E-state index is 0.415. The largest absolute Gasteiger partial charge is 0.465 e. The van der Waals surface area contributed by atoms with Gasteiger partial charge in [0.05, 0.1) is 12.0 Å². The molecule has 1 aromatic carbocycles. The van der Waals surface area contributed by atoms with Crippen LogP contribution in [0.3, 0.4) is 0 Å². The summed E-state index contributed by atoms with van der Waals surface area (Å²) in [6.45, 7) is 4.17. The van der Waals surface area contributed by atoms with Gasteiger partial charge in [-0.3, -0.25) is 0 Å². The Hall–Kier alpha value is -1.77. The summed E-state index contributed by atoms with van der Waals surface area (Å²) < 4.78 is 5.30. The van der Waals surface area contributed by atoms with Crippen LogP contribution in [0, 0.1) is 0 Å². The van der Waals surface area contributed by atoms with Crippen LogP contribution in [0.4, 0.5) is 0 Å². The zero-order chi connectivity index (χ0) is 10.9. The maximum atomic E-state index is 5.30. The molecule has 0 aliphatic carbocycles. The molecule has 0 saturated carbocycles. The second kappa shape index (κ2) is 6.65. The SMILES string of the molecule is CC(C)=NOCC=COc1ccccc1. The number of nitrogens with zero attached hydrogens (tertiary/aromatic N) is 1. The minimum atomic E-state index is 0.415. The summed E-state index contributed by atoms with van der Waals surface area (Å²) in [5.74, 6) is 0.809. The summed E-state index contributed by atoms with van der Waals surface area (Å²) in [4.78, 5) is 4.95. The number of ether oxygens (including phenoxy) is 1. The number of rotatable bonds is 5. The molecule has 0 heterocycles. The monoisotopic (exact) mass is 205 g/mol. The van der Waals surface area contributed by atoms with Crippen molar-refractivity contribution in [3.8, 4) is 5.75 Å². The van der Waals surface area contributed by atoms with Crippen molar-refractivity contribution in [2.75, 3.05) is 6.61 Å². The average molecular weight is 205 g/mol. The summed E-state index contributed by atoms with van der Waals surface area (Å²) in [5.41, 5.74) is 0.896. The summed E-state index contributed by atoms with van der Waals surface area (Å²) in [6.07, 6.45) is 3.36. The van der Waals surface area contributed by atoms with Gasteiger partial charge in [0, 0.05) is 0 Å². The Kier molecular flexibility index (Phi) is 5.01. The van der Waals surface area contributed by atoms with Crippen molar-refractivity contribution in [2.24, 2.45) is 5.16 Å². The van der Waals surface area contributed by atoms with Crippen molar-refractivity contribution < 1.29 is 9.57 Å². The fourth-order valence-corrected chi connectivity index (χ4v) is 0.874. The molecule has 0 aromatic heterocycles. The van der Waals surface area contributed by atoms with E-state index in [1.807, 2.05) is 44.2 Å². The maximum absolute atomic E-state index is 5.30. The van der Waals surface area contributed by atoms with Crippen LogP contribution in [0.1, 0.15) is 13.8 Å². The van der Waals surface area contributed by atoms with Gasteiger partial charge in [-0.15, -0.1) is 0 Å². The molecule has 0 spiro atoms. The standard InChI is InChI=1S/C12H15NO2/c1-11(2)13-15-10-6-9-14-12-7-4-3-5-8-12/h3-9H,10H2,1-2H3. The van der Waals surface area contributed by atoms with Gasteiger partial charge in [-0.25, -0.2) is 0 Å². The molecule has 0 N–H and O–H groups in total. The van der Waals surface area contributed by atoms with Gasteiger partial charge >= 0.3 is 0 Å². The molecule has 1 aromatic rings. The molecule has 3 heteroatoms. The predicted octanol–water partition coefficient (Wildman–Crippen LogP) is 2.99. The van der Waals surface area contributed by atoms with E-state index in [0.717, 1.165) is 11.5 Å². The molecule has 3 nitrogen and oxygen atoms in total. The van der Waals surface area contributed by atoms with Crippen molar-refractivity contribution in [1.29, 1.82) is 0 Å². The first-order valence-electron chi connectivity index (χ1n) is 4.79. The molecule has 0 amide bonds. The molecular weight excluding hydrogens is 190 g/mol. The van der Waals surface area contributed by atoms with Crippen LogP contribution in [0.5, 0.6) is 5.75 Å². The van der Waals surface area contributed by atoms with Crippen LogP contribution in [-0.4, -0.2) is 12.3 Å². The number of benzene rings is 1. The lowest BCUT2D eigenvalue weighted by Gasteiger charge is -1.98. The molecule has 0 radical (unpaired) electrons. The van der Waals surface area contributed by atoms with E-state index in [1.165, 1.54) is 0 Å². The molecule has 1 rings (SSSR count). The van der Waals surface area contributed by atoms with Gasteiger partial charge < -0.3 is 9.57 Å². The van der Waals surface area contributed by atoms with E-state index < -0.39 is 0 Å². The lowest BCUT2D eigenvalue weighted by atomic mass is 10.3. The van der Waals surface area contributed by atoms with Crippen molar-refractivity contribution >= 4 is 5.71 Å². The summed E-state index contributed by atoms with van der Waals surface area (Å²) >= 11 is 0. The number of hydrogen-bond donors (Lipinski definition) is 0. The summed E-state index contributed by atoms with van der Waals surface area (Å²) in [6, 6.07) is 9.56. The highest BCUT2D eigenvalue weighted by Crippen LogP contribution is 2.07. The number of para-hydroxylation sites is 1. The lowest BCUT2D eigenvalue weighted by Crippen LogP contribution is -1.88. The molecule has 0 fully saturated rings. The Morgan fingerprint density at radius 2 is 2.00 bits per heavy atom. The van der Waals surface area contributed by atoms with E-state index in [9.17, 15) is 0 Å². The van der Waals surface area contributed by atoms with E-state index >= 15 is 0 Å². The van der Waals surface area contributed by atoms with Crippen molar-refractivity contribution in [3.63, 3.8) is 0 Å². The topological polar surface area (TPSA) is 30.8 Å². The van der Waals surface area contributed by atoms with Gasteiger partial charge in [0.2, 0.25) is 0 Å². The molecule has 0 bridgehead atoms. The van der Waals surface area contributed by atoms with Gasteiger partial charge in [-0.1, -0.05) is 23.4 Å². The summed E-state index contributed by atoms with van der Waals surface area (Å²) in [5, 5.41) is 3.78. The fraction of sp³-hybridized carbons (Fsp3) is 0.250. The average Bonchev–Trinajstić information content (AvgIpc) is 2.24. The van der Waals surface area contributed by atoms with Gasteiger partial charge in [-0.05, 0) is 32.1 Å². The van der Waals surface area contributed by atoms with E-state index in [1.54, 1.807) is 12.3 Å². The maximum Gasteiger partial charge on any atom is 0.138 e. The molecule has 0 aliphatic heterocycles. The van der Waals surface area contributed by atoms with Crippen molar-refractivity contribution in [2.45, 2.75) is 13.8 Å².